The Morgan fingerprint density at radius 2 is 1.89 bits per heavy atom. The van der Waals surface area contributed by atoms with Gasteiger partial charge in [-0.1, -0.05) is 23.2 Å². The van der Waals surface area contributed by atoms with Crippen LogP contribution in [0.3, 0.4) is 0 Å². The Labute approximate surface area is 111 Å². The van der Waals surface area contributed by atoms with Crippen LogP contribution in [0.4, 0.5) is 18.9 Å². The summed E-state index contributed by atoms with van der Waals surface area (Å²) in [7, 11) is 0. The maximum atomic E-state index is 12.4. The van der Waals surface area contributed by atoms with Gasteiger partial charge < -0.3 is 0 Å². The van der Waals surface area contributed by atoms with Crippen molar-refractivity contribution in [3.05, 3.63) is 27.7 Å². The van der Waals surface area contributed by atoms with E-state index >= 15 is 0 Å². The highest BCUT2D eigenvalue weighted by atomic mass is 35.5. The molecule has 0 amide bonds. The highest BCUT2D eigenvalue weighted by Gasteiger charge is 2.31. The molecule has 8 heteroatoms. The average Bonchev–Trinajstić information content (AvgIpc) is 2.25. The zero-order valence-electron chi connectivity index (χ0n) is 8.72. The van der Waals surface area contributed by atoms with Crippen LogP contribution < -0.4 is 5.43 Å². The van der Waals surface area contributed by atoms with Crippen molar-refractivity contribution in [2.45, 2.75) is 12.6 Å². The average molecular weight is 296 g/mol. The molecule has 0 spiro atoms. The summed E-state index contributed by atoms with van der Waals surface area (Å²) in [5.41, 5.74) is 1.50. The summed E-state index contributed by atoms with van der Waals surface area (Å²) in [5.74, 6) is 0. The Morgan fingerprint density at radius 3 is 2.33 bits per heavy atom. The molecule has 0 aromatic heterocycles. The summed E-state index contributed by atoms with van der Waals surface area (Å²) in [6.07, 6.45) is -3.22. The molecule has 3 nitrogen and oxygen atoms in total. The summed E-state index contributed by atoms with van der Waals surface area (Å²) >= 11 is 11.3. The maximum Gasteiger partial charge on any atom is 0.416 e. The Hall–Kier alpha value is -1.45. The van der Waals surface area contributed by atoms with E-state index < -0.39 is 11.7 Å². The third-order valence-corrected chi connectivity index (χ3v) is 2.42. The van der Waals surface area contributed by atoms with Crippen molar-refractivity contribution < 1.29 is 13.2 Å². The van der Waals surface area contributed by atoms with Crippen molar-refractivity contribution in [3.8, 4) is 6.07 Å². The van der Waals surface area contributed by atoms with Gasteiger partial charge in [0.25, 0.3) is 0 Å². The first-order chi connectivity index (χ1) is 8.36. The van der Waals surface area contributed by atoms with Crippen molar-refractivity contribution in [2.75, 3.05) is 5.43 Å². The lowest BCUT2D eigenvalue weighted by Gasteiger charge is -2.11. The molecule has 0 aliphatic heterocycles. The summed E-state index contributed by atoms with van der Waals surface area (Å²) in [6.45, 7) is 0. The molecule has 18 heavy (non-hydrogen) atoms. The normalized spacial score (nSPS) is 11.6. The zero-order valence-corrected chi connectivity index (χ0v) is 10.2. The summed E-state index contributed by atoms with van der Waals surface area (Å²) in [4.78, 5) is 0. The van der Waals surface area contributed by atoms with E-state index in [0.29, 0.717) is 0 Å². The van der Waals surface area contributed by atoms with Crippen molar-refractivity contribution in [2.24, 2.45) is 5.10 Å². The summed E-state index contributed by atoms with van der Waals surface area (Å²) < 4.78 is 37.3. The van der Waals surface area contributed by atoms with Crippen molar-refractivity contribution in [3.63, 3.8) is 0 Å². The fourth-order valence-corrected chi connectivity index (χ4v) is 1.61. The lowest BCUT2D eigenvalue weighted by atomic mass is 10.2. The molecule has 0 heterocycles. The van der Waals surface area contributed by atoms with Crippen LogP contribution in [0.25, 0.3) is 0 Å². The van der Waals surface area contributed by atoms with E-state index in [1.807, 2.05) is 6.07 Å². The third kappa shape index (κ3) is 3.79. The van der Waals surface area contributed by atoms with Crippen LogP contribution in [-0.2, 0) is 6.18 Å². The fraction of sp³-hybridized carbons (Fsp3) is 0.200. The minimum Gasteiger partial charge on any atom is -0.276 e. The standard InChI is InChI=1S/C10H6Cl2F3N3/c11-7-4-6(10(13,14)15)5-8(12)9(7)18-17-3-1-2-16/h3-5,18H,1H2/b17-3+. The van der Waals surface area contributed by atoms with Gasteiger partial charge in [-0.15, -0.1) is 0 Å². The second-order valence-electron chi connectivity index (χ2n) is 3.10. The van der Waals surface area contributed by atoms with Gasteiger partial charge >= 0.3 is 6.18 Å². The van der Waals surface area contributed by atoms with Crippen LogP contribution in [0.1, 0.15) is 12.0 Å². The molecule has 1 aromatic carbocycles. The van der Waals surface area contributed by atoms with E-state index in [4.69, 9.17) is 28.5 Å². The van der Waals surface area contributed by atoms with Crippen molar-refractivity contribution in [1.29, 1.82) is 5.26 Å². The molecule has 0 atom stereocenters. The maximum absolute atomic E-state index is 12.4. The minimum atomic E-state index is -4.52. The summed E-state index contributed by atoms with van der Waals surface area (Å²) in [6, 6.07) is 3.30. The van der Waals surface area contributed by atoms with Crippen LogP contribution in [0.15, 0.2) is 17.2 Å². The largest absolute Gasteiger partial charge is 0.416 e. The second-order valence-corrected chi connectivity index (χ2v) is 3.91. The number of hydrazone groups is 1. The zero-order chi connectivity index (χ0) is 13.8. The number of nitriles is 1. The molecule has 0 bridgehead atoms. The van der Waals surface area contributed by atoms with Gasteiger partial charge in [-0.25, -0.2) is 0 Å². The number of hydrogen-bond donors (Lipinski definition) is 1. The SMILES string of the molecule is N#CC/C=N/Nc1c(Cl)cc(C(F)(F)F)cc1Cl. The van der Waals surface area contributed by atoms with E-state index in [1.165, 1.54) is 6.21 Å². The van der Waals surface area contributed by atoms with Crippen LogP contribution in [-0.4, -0.2) is 6.21 Å². The van der Waals surface area contributed by atoms with Crippen LogP contribution in [0.2, 0.25) is 10.0 Å². The highest BCUT2D eigenvalue weighted by molar-refractivity contribution is 6.39. The predicted molar refractivity (Wildman–Crippen MR) is 63.8 cm³/mol. The number of anilines is 1. The highest BCUT2D eigenvalue weighted by Crippen LogP contribution is 2.38. The van der Waals surface area contributed by atoms with E-state index in [0.717, 1.165) is 12.1 Å². The van der Waals surface area contributed by atoms with Crippen LogP contribution in [0, 0.1) is 11.3 Å². The molecular weight excluding hydrogens is 290 g/mol. The summed E-state index contributed by atoms with van der Waals surface area (Å²) in [5, 5.41) is 11.4. The van der Waals surface area contributed by atoms with Gasteiger partial charge in [0.2, 0.25) is 0 Å². The number of halogens is 5. The molecule has 1 rings (SSSR count). The first-order valence-corrected chi connectivity index (χ1v) is 5.32. The molecule has 0 radical (unpaired) electrons. The smallest absolute Gasteiger partial charge is 0.276 e. The molecule has 0 aliphatic rings. The third-order valence-electron chi connectivity index (χ3n) is 1.82. The minimum absolute atomic E-state index is 0.0560. The number of nitrogens with zero attached hydrogens (tertiary/aromatic N) is 2. The number of rotatable bonds is 3. The number of benzene rings is 1. The quantitative estimate of drug-likeness (QED) is 0.667. The Morgan fingerprint density at radius 1 is 1.33 bits per heavy atom. The number of alkyl halides is 3. The number of nitrogens with one attached hydrogen (secondary N) is 1. The molecule has 1 N–H and O–H groups in total. The van der Waals surface area contributed by atoms with Crippen molar-refractivity contribution in [1.82, 2.24) is 0 Å². The van der Waals surface area contributed by atoms with E-state index in [9.17, 15) is 13.2 Å². The lowest BCUT2D eigenvalue weighted by Crippen LogP contribution is -2.05. The molecule has 96 valence electrons. The van der Waals surface area contributed by atoms with E-state index in [1.54, 1.807) is 0 Å². The van der Waals surface area contributed by atoms with E-state index in [-0.39, 0.29) is 22.2 Å². The van der Waals surface area contributed by atoms with Gasteiger partial charge in [0.05, 0.1) is 33.8 Å². The van der Waals surface area contributed by atoms with Gasteiger partial charge in [-0.05, 0) is 12.1 Å². The first-order valence-electron chi connectivity index (χ1n) is 4.57. The lowest BCUT2D eigenvalue weighted by molar-refractivity contribution is -0.137. The van der Waals surface area contributed by atoms with E-state index in [2.05, 4.69) is 10.5 Å². The fourth-order valence-electron chi connectivity index (χ4n) is 1.04. The van der Waals surface area contributed by atoms with Crippen LogP contribution in [0.5, 0.6) is 0 Å². The van der Waals surface area contributed by atoms with Gasteiger partial charge in [-0.3, -0.25) is 5.43 Å². The topological polar surface area (TPSA) is 48.2 Å². The van der Waals surface area contributed by atoms with Crippen LogP contribution >= 0.6 is 23.2 Å². The van der Waals surface area contributed by atoms with Gasteiger partial charge in [0.1, 0.15) is 0 Å². The number of hydrogen-bond acceptors (Lipinski definition) is 3. The molecule has 0 unspecified atom stereocenters. The molecule has 0 saturated heterocycles. The Kier molecular flexibility index (Phi) is 4.82. The second kappa shape index (κ2) is 5.94. The monoisotopic (exact) mass is 295 g/mol. The Bertz CT molecular complexity index is 483. The predicted octanol–water partition coefficient (Wildman–Crippen LogP) is 4.32. The first kappa shape index (κ1) is 14.6. The van der Waals surface area contributed by atoms with Gasteiger partial charge in [-0.2, -0.15) is 23.5 Å². The molecule has 0 aliphatic carbocycles. The Balaban J connectivity index is 2.99. The van der Waals surface area contributed by atoms with Gasteiger partial charge in [0.15, 0.2) is 0 Å². The van der Waals surface area contributed by atoms with Crippen molar-refractivity contribution >= 4 is 35.1 Å². The molecule has 0 fully saturated rings. The molecule has 1 aromatic rings. The van der Waals surface area contributed by atoms with Gasteiger partial charge in [0, 0.05) is 6.21 Å². The molecule has 0 saturated carbocycles. The molecular formula is C10H6Cl2F3N3.